The summed E-state index contributed by atoms with van der Waals surface area (Å²) in [5.74, 6) is -0.757. The number of carbonyl (C=O) groups is 2. The molecule has 1 aliphatic heterocycles. The van der Waals surface area contributed by atoms with Crippen molar-refractivity contribution in [2.75, 3.05) is 19.8 Å². The van der Waals surface area contributed by atoms with Gasteiger partial charge in [0.1, 0.15) is 5.25 Å². The molecular formula is C8H12F9NO3S. The number of ether oxygens (including phenoxy) is 1. The molecule has 2 amide bonds. The van der Waals surface area contributed by atoms with Gasteiger partial charge in [0, 0.05) is 43.2 Å². The topological polar surface area (TPSA) is 46.6 Å². The number of imide groups is 1. The highest BCUT2D eigenvalue weighted by atomic mass is 32.2. The van der Waals surface area contributed by atoms with Gasteiger partial charge in [-0.1, -0.05) is 0 Å². The fourth-order valence-electron chi connectivity index (χ4n) is 1.26. The molecule has 0 bridgehead atoms. The molecule has 0 aromatic rings. The van der Waals surface area contributed by atoms with Crippen LogP contribution in [0.15, 0.2) is 0 Å². The Kier molecular flexibility index (Phi) is 32.6. The summed E-state index contributed by atoms with van der Waals surface area (Å²) in [6.07, 6.45) is -0.0356. The van der Waals surface area contributed by atoms with Crippen LogP contribution >= 0.6 is 12.1 Å². The van der Waals surface area contributed by atoms with E-state index in [1.165, 1.54) is 0 Å². The number of nitrogens with zero attached hydrogens (tertiary/aromatic N) is 1. The van der Waals surface area contributed by atoms with Crippen LogP contribution in [0.2, 0.25) is 0 Å². The molecule has 0 saturated carbocycles. The third-order valence-corrected chi connectivity index (χ3v) is 2.56. The fraction of sp³-hybridized carbons (Fsp3) is 0.750. The number of rotatable bonds is 5. The van der Waals surface area contributed by atoms with Gasteiger partial charge in [0.15, 0.2) is 0 Å². The van der Waals surface area contributed by atoms with Crippen molar-refractivity contribution in [3.8, 4) is 0 Å². The van der Waals surface area contributed by atoms with Gasteiger partial charge in [-0.2, -0.15) is 3.89 Å². The van der Waals surface area contributed by atoms with Crippen molar-refractivity contribution in [2.24, 2.45) is 0 Å². The first-order chi connectivity index (χ1) is 10.7. The van der Waals surface area contributed by atoms with Crippen LogP contribution in [0.1, 0.15) is 13.3 Å². The average molecular weight is 373 g/mol. The Hall–Kier alpha value is -1.18. The molecule has 14 heteroatoms. The highest BCUT2D eigenvalue weighted by Crippen LogP contribution is 2.25. The standard InChI is InChI=1S/C8H12FNO3S.4F2/c1-2-13-4-3-10-7(11)5-6(14-9)8(10)12;4*1-2/h6H,2-5H2,1H3;;;;. The van der Waals surface area contributed by atoms with Gasteiger partial charge in [-0.25, -0.2) is 0 Å². The third-order valence-electron chi connectivity index (χ3n) is 1.97. The average Bonchev–Trinajstić information content (AvgIpc) is 2.89. The summed E-state index contributed by atoms with van der Waals surface area (Å²) in [6.45, 7) is 2.91. The number of halogens is 9. The second-order valence-electron chi connectivity index (χ2n) is 2.86. The molecule has 136 valence electrons. The molecule has 0 aliphatic carbocycles. The third kappa shape index (κ3) is 12.6. The molecule has 1 heterocycles. The van der Waals surface area contributed by atoms with Gasteiger partial charge in [-0.05, 0) is 6.92 Å². The summed E-state index contributed by atoms with van der Waals surface area (Å²) in [5.41, 5.74) is 0. The van der Waals surface area contributed by atoms with E-state index in [9.17, 15) is 13.5 Å². The minimum Gasteiger partial charge on any atom is -0.380 e. The van der Waals surface area contributed by atoms with E-state index in [-0.39, 0.29) is 31.0 Å². The number of amides is 2. The van der Waals surface area contributed by atoms with Gasteiger partial charge >= 0.3 is 0 Å². The smallest absolute Gasteiger partial charge is 0.245 e. The summed E-state index contributed by atoms with van der Waals surface area (Å²) in [7, 11) is 0. The van der Waals surface area contributed by atoms with Crippen molar-refractivity contribution in [1.29, 1.82) is 0 Å². The highest BCUT2D eigenvalue weighted by Gasteiger charge is 2.39. The Morgan fingerprint density at radius 2 is 1.55 bits per heavy atom. The molecule has 4 nitrogen and oxygen atoms in total. The largest absolute Gasteiger partial charge is 0.380 e. The van der Waals surface area contributed by atoms with Crippen LogP contribution in [-0.4, -0.2) is 41.7 Å². The molecule has 1 rings (SSSR count). The first kappa shape index (κ1) is 28.9. The summed E-state index contributed by atoms with van der Waals surface area (Å²) < 4.78 is 81.2. The molecule has 1 atom stereocenters. The normalized spacial score (nSPS) is 15.2. The Bertz CT molecular complexity index is 253. The summed E-state index contributed by atoms with van der Waals surface area (Å²) in [6, 6.07) is 0. The lowest BCUT2D eigenvalue weighted by Crippen LogP contribution is -2.34. The maximum absolute atomic E-state index is 12.2. The lowest BCUT2D eigenvalue weighted by molar-refractivity contribution is -0.139. The number of hydrogen-bond acceptors (Lipinski definition) is 4. The lowest BCUT2D eigenvalue weighted by atomic mass is 10.4. The van der Waals surface area contributed by atoms with Crippen LogP contribution in [0.25, 0.3) is 0 Å². The van der Waals surface area contributed by atoms with E-state index >= 15 is 0 Å². The van der Waals surface area contributed by atoms with E-state index in [4.69, 9.17) is 41.3 Å². The molecule has 0 aromatic heterocycles. The molecular weight excluding hydrogens is 361 g/mol. The fourth-order valence-corrected chi connectivity index (χ4v) is 1.67. The Labute approximate surface area is 123 Å². The molecule has 1 fully saturated rings. The quantitative estimate of drug-likeness (QED) is 0.413. The van der Waals surface area contributed by atoms with Crippen molar-refractivity contribution in [1.82, 2.24) is 4.90 Å². The van der Waals surface area contributed by atoms with Crippen molar-refractivity contribution in [3.63, 3.8) is 0 Å². The van der Waals surface area contributed by atoms with Gasteiger partial charge in [0.25, 0.3) is 0 Å². The van der Waals surface area contributed by atoms with Gasteiger partial charge in [-0.15, -0.1) is 0 Å². The zero-order valence-electron chi connectivity index (χ0n) is 10.9. The van der Waals surface area contributed by atoms with Crippen LogP contribution in [-0.2, 0) is 14.3 Å². The van der Waals surface area contributed by atoms with E-state index in [0.717, 1.165) is 4.90 Å². The SMILES string of the molecule is CCOCCN1C(=O)CC(SF)C1=O.FF.FF.FF.FF. The summed E-state index contributed by atoms with van der Waals surface area (Å²) in [5, 5.41) is -0.843. The Morgan fingerprint density at radius 3 is 1.86 bits per heavy atom. The predicted molar refractivity (Wildman–Crippen MR) is 59.2 cm³/mol. The van der Waals surface area contributed by atoms with Gasteiger partial charge < -0.3 is 4.74 Å². The zero-order valence-corrected chi connectivity index (χ0v) is 11.7. The maximum Gasteiger partial charge on any atom is 0.245 e. The second-order valence-corrected chi connectivity index (χ2v) is 3.61. The Balaban J connectivity index is -0.000000175. The van der Waals surface area contributed by atoms with Crippen LogP contribution in [0, 0.1) is 0 Å². The maximum atomic E-state index is 12.2. The van der Waals surface area contributed by atoms with Crippen LogP contribution in [0.5, 0.6) is 0 Å². The summed E-state index contributed by atoms with van der Waals surface area (Å²) in [4.78, 5) is 23.6. The molecule has 0 aromatic carbocycles. The molecule has 22 heavy (non-hydrogen) atoms. The predicted octanol–water partition coefficient (Wildman–Crippen LogP) is 4.13. The zero-order chi connectivity index (χ0) is 18.6. The van der Waals surface area contributed by atoms with Crippen LogP contribution < -0.4 is 0 Å². The van der Waals surface area contributed by atoms with Crippen LogP contribution in [0.3, 0.4) is 0 Å². The molecule has 0 radical (unpaired) electrons. The van der Waals surface area contributed by atoms with E-state index < -0.39 is 11.2 Å². The lowest BCUT2D eigenvalue weighted by Gasteiger charge is -2.13. The number of carbonyl (C=O) groups excluding carboxylic acids is 2. The van der Waals surface area contributed by atoms with Gasteiger partial charge in [0.2, 0.25) is 11.8 Å². The monoisotopic (exact) mass is 373 g/mol. The Morgan fingerprint density at radius 1 is 1.09 bits per heavy atom. The molecule has 1 unspecified atom stereocenters. The number of hydrogen-bond donors (Lipinski definition) is 0. The van der Waals surface area contributed by atoms with E-state index in [1.54, 1.807) is 0 Å². The van der Waals surface area contributed by atoms with Gasteiger partial charge in [0.05, 0.1) is 31.7 Å². The van der Waals surface area contributed by atoms with E-state index in [1.807, 2.05) is 6.92 Å². The molecule has 0 spiro atoms. The molecule has 1 saturated heterocycles. The first-order valence-electron chi connectivity index (χ1n) is 4.97. The minimum absolute atomic E-state index is 0.0356. The second kappa shape index (κ2) is 24.8. The van der Waals surface area contributed by atoms with Crippen molar-refractivity contribution >= 4 is 24.0 Å². The highest BCUT2D eigenvalue weighted by molar-refractivity contribution is 7.95. The summed E-state index contributed by atoms with van der Waals surface area (Å²) >= 11 is -0.0656. The van der Waals surface area contributed by atoms with Crippen molar-refractivity contribution in [2.45, 2.75) is 18.6 Å². The van der Waals surface area contributed by atoms with E-state index in [2.05, 4.69) is 0 Å². The molecule has 0 N–H and O–H groups in total. The first-order valence-corrected chi connectivity index (χ1v) is 5.75. The van der Waals surface area contributed by atoms with Crippen molar-refractivity contribution < 1.29 is 54.8 Å². The van der Waals surface area contributed by atoms with Crippen LogP contribution in [0.4, 0.5) is 40.5 Å². The molecule has 1 aliphatic rings. The van der Waals surface area contributed by atoms with E-state index in [0.29, 0.717) is 13.2 Å². The van der Waals surface area contributed by atoms with Gasteiger partial charge in [-0.3, -0.25) is 14.5 Å². The minimum atomic E-state index is -0.843. The number of likely N-dealkylation sites (tertiary alicyclic amines) is 1. The van der Waals surface area contributed by atoms with Crippen molar-refractivity contribution in [3.05, 3.63) is 0 Å².